The zero-order chi connectivity index (χ0) is 30.2. The monoisotopic (exact) mass is 570 g/mol. The van der Waals surface area contributed by atoms with E-state index in [9.17, 15) is 0 Å². The maximum atomic E-state index is 4.70. The van der Waals surface area contributed by atoms with Gasteiger partial charge in [-0.25, -0.2) is 0 Å². The Hall–Kier alpha value is -4.71. The maximum absolute atomic E-state index is 4.70. The van der Waals surface area contributed by atoms with Crippen molar-refractivity contribution in [3.63, 3.8) is 0 Å². The summed E-state index contributed by atoms with van der Waals surface area (Å²) in [7, 11) is 0. The van der Waals surface area contributed by atoms with Gasteiger partial charge in [0.25, 0.3) is 0 Å². The largest absolute Gasteiger partial charge is 0.358 e. The number of nitrogens with zero attached hydrogens (tertiary/aromatic N) is 3. The highest BCUT2D eigenvalue weighted by molar-refractivity contribution is 5.96. The van der Waals surface area contributed by atoms with Crippen LogP contribution in [0.5, 0.6) is 0 Å². The highest BCUT2D eigenvalue weighted by atomic mass is 15.1. The molecular weight excluding hydrogens is 528 g/mol. The molecule has 6 rings (SSSR count). The summed E-state index contributed by atoms with van der Waals surface area (Å²) in [5, 5.41) is 12.5. The molecule has 6 heteroatoms. The lowest BCUT2D eigenvalue weighted by molar-refractivity contribution is 0.357. The normalized spacial score (nSPS) is 13.8. The molecule has 1 fully saturated rings. The Bertz CT molecular complexity index is 1720. The minimum atomic E-state index is 0.743. The van der Waals surface area contributed by atoms with E-state index in [1.807, 2.05) is 62.9 Å². The first kappa shape index (κ1) is 29.8. The standard InChI is InChI=1S/C35H36N6.C2H6/c1-4-8-30(26-13-15-36-16-14-26)31-20-34(39-24(31)3)35-32-19-27(11-12-33(32)40-41-35)28-18-29(22-37-21-28)38-23(2)17-25-9-6-5-7-10-25;1-2/h4,8,11-16,18-22,25,38-39H,1-2,5-7,9-10,17H2,3H3,(H,40,41);1-2H3/b30-8-;. The van der Waals surface area contributed by atoms with Gasteiger partial charge < -0.3 is 10.3 Å². The van der Waals surface area contributed by atoms with Crippen LogP contribution in [0, 0.1) is 12.8 Å². The molecule has 0 radical (unpaired) electrons. The molecule has 220 valence electrons. The van der Waals surface area contributed by atoms with Crippen LogP contribution in [0.4, 0.5) is 5.69 Å². The molecule has 43 heavy (non-hydrogen) atoms. The molecule has 4 aromatic heterocycles. The second-order valence-corrected chi connectivity index (χ2v) is 11.0. The Labute approximate surface area is 255 Å². The van der Waals surface area contributed by atoms with E-state index < -0.39 is 0 Å². The summed E-state index contributed by atoms with van der Waals surface area (Å²) in [5.41, 5.74) is 11.3. The van der Waals surface area contributed by atoms with Gasteiger partial charge in [0.2, 0.25) is 0 Å². The minimum Gasteiger partial charge on any atom is -0.358 e. The molecule has 0 amide bonds. The topological polar surface area (TPSA) is 82.3 Å². The molecule has 0 aliphatic heterocycles. The smallest absolute Gasteiger partial charge is 0.116 e. The van der Waals surface area contributed by atoms with Gasteiger partial charge in [0.15, 0.2) is 0 Å². The number of nitrogens with one attached hydrogen (secondary N) is 3. The van der Waals surface area contributed by atoms with Crippen LogP contribution in [0.15, 0.2) is 98.3 Å². The van der Waals surface area contributed by atoms with E-state index in [0.29, 0.717) is 0 Å². The quantitative estimate of drug-likeness (QED) is 0.154. The van der Waals surface area contributed by atoms with Gasteiger partial charge in [-0.2, -0.15) is 5.10 Å². The third-order valence-corrected chi connectivity index (χ3v) is 8.05. The van der Waals surface area contributed by atoms with Crippen molar-refractivity contribution in [1.29, 1.82) is 0 Å². The Morgan fingerprint density at radius 3 is 2.53 bits per heavy atom. The van der Waals surface area contributed by atoms with Crippen LogP contribution < -0.4 is 5.32 Å². The third kappa shape index (κ3) is 6.86. The summed E-state index contributed by atoms with van der Waals surface area (Å²) >= 11 is 0. The number of pyridine rings is 2. The highest BCUT2D eigenvalue weighted by Gasteiger charge is 2.17. The van der Waals surface area contributed by atoms with E-state index in [1.165, 1.54) is 32.1 Å². The summed E-state index contributed by atoms with van der Waals surface area (Å²) in [6.45, 7) is 14.3. The van der Waals surface area contributed by atoms with Crippen molar-refractivity contribution in [3.05, 3.63) is 115 Å². The number of hydrogen-bond donors (Lipinski definition) is 3. The Balaban J connectivity index is 0.00000180. The van der Waals surface area contributed by atoms with E-state index in [1.54, 1.807) is 0 Å². The number of benzene rings is 1. The number of H-pyrrole nitrogens is 2. The molecule has 0 atom stereocenters. The van der Waals surface area contributed by atoms with Crippen LogP contribution in [0.2, 0.25) is 0 Å². The predicted octanol–water partition coefficient (Wildman–Crippen LogP) is 9.86. The van der Waals surface area contributed by atoms with Crippen molar-refractivity contribution < 1.29 is 0 Å². The van der Waals surface area contributed by atoms with Gasteiger partial charge in [-0.3, -0.25) is 15.1 Å². The molecule has 5 aromatic rings. The van der Waals surface area contributed by atoms with E-state index in [-0.39, 0.29) is 0 Å². The first-order chi connectivity index (χ1) is 21.1. The van der Waals surface area contributed by atoms with Gasteiger partial charge in [0.05, 0.1) is 23.1 Å². The Morgan fingerprint density at radius 2 is 1.77 bits per heavy atom. The molecule has 4 heterocycles. The third-order valence-electron chi connectivity index (χ3n) is 8.05. The van der Waals surface area contributed by atoms with Crippen molar-refractivity contribution in [2.45, 2.75) is 59.3 Å². The summed E-state index contributed by atoms with van der Waals surface area (Å²) < 4.78 is 0. The molecular formula is C37H42N6. The van der Waals surface area contributed by atoms with E-state index >= 15 is 0 Å². The average molecular weight is 571 g/mol. The molecule has 0 saturated heterocycles. The molecule has 0 spiro atoms. The molecule has 1 saturated carbocycles. The number of anilines is 1. The summed E-state index contributed by atoms with van der Waals surface area (Å²) in [5.74, 6) is 0.743. The fourth-order valence-electron chi connectivity index (χ4n) is 6.02. The van der Waals surface area contributed by atoms with Crippen molar-refractivity contribution in [3.8, 4) is 22.5 Å². The average Bonchev–Trinajstić information content (AvgIpc) is 3.64. The molecule has 6 nitrogen and oxygen atoms in total. The molecule has 1 aromatic carbocycles. The van der Waals surface area contributed by atoms with Gasteiger partial charge in [0, 0.05) is 46.5 Å². The fraction of sp³-hybridized carbons (Fsp3) is 0.270. The van der Waals surface area contributed by atoms with Crippen molar-refractivity contribution in [2.75, 3.05) is 5.32 Å². The number of aromatic amines is 2. The van der Waals surface area contributed by atoms with Crippen LogP contribution >= 0.6 is 0 Å². The lowest BCUT2D eigenvalue weighted by atomic mass is 9.86. The zero-order valence-electron chi connectivity index (χ0n) is 25.6. The van der Waals surface area contributed by atoms with E-state index in [4.69, 9.17) is 5.10 Å². The molecule has 1 aliphatic carbocycles. The number of aryl methyl sites for hydroxylation is 1. The minimum absolute atomic E-state index is 0.743. The van der Waals surface area contributed by atoms with Gasteiger partial charge >= 0.3 is 0 Å². The number of hydrogen-bond acceptors (Lipinski definition) is 4. The second-order valence-electron chi connectivity index (χ2n) is 11.0. The van der Waals surface area contributed by atoms with Crippen LogP contribution in [-0.4, -0.2) is 25.1 Å². The predicted molar refractivity (Wildman–Crippen MR) is 181 cm³/mol. The van der Waals surface area contributed by atoms with Gasteiger partial charge in [-0.15, -0.1) is 0 Å². The van der Waals surface area contributed by atoms with Gasteiger partial charge in [-0.05, 0) is 72.4 Å². The fourth-order valence-corrected chi connectivity index (χ4v) is 6.02. The number of aromatic nitrogens is 5. The van der Waals surface area contributed by atoms with E-state index in [0.717, 1.165) is 79.5 Å². The summed E-state index contributed by atoms with van der Waals surface area (Å²) in [6, 6.07) is 14.7. The number of fused-ring (bicyclic) bond motifs is 1. The highest BCUT2D eigenvalue weighted by Crippen LogP contribution is 2.35. The van der Waals surface area contributed by atoms with Crippen LogP contribution in [0.1, 0.15) is 69.2 Å². The first-order valence-electron chi connectivity index (χ1n) is 15.4. The van der Waals surface area contributed by atoms with Crippen molar-refractivity contribution >= 4 is 22.2 Å². The van der Waals surface area contributed by atoms with Gasteiger partial charge in [-0.1, -0.05) is 77.3 Å². The lowest BCUT2D eigenvalue weighted by Gasteiger charge is -2.22. The van der Waals surface area contributed by atoms with E-state index in [2.05, 4.69) is 75.8 Å². The SMILES string of the molecule is C=C/C=C(/c1ccncc1)c1cc(-c2n[nH]c3ccc(-c4cncc(NC(=C)CC5CCCCC5)c4)cc23)[nH]c1C.CC. The molecule has 3 N–H and O–H groups in total. The number of allylic oxidation sites excluding steroid dienone is 3. The Morgan fingerprint density at radius 1 is 0.977 bits per heavy atom. The first-order valence-corrected chi connectivity index (χ1v) is 15.4. The lowest BCUT2D eigenvalue weighted by Crippen LogP contribution is -2.10. The van der Waals surface area contributed by atoms with Crippen molar-refractivity contribution in [2.24, 2.45) is 5.92 Å². The van der Waals surface area contributed by atoms with Crippen LogP contribution in [-0.2, 0) is 0 Å². The summed E-state index contributed by atoms with van der Waals surface area (Å²) in [4.78, 5) is 12.3. The van der Waals surface area contributed by atoms with Crippen molar-refractivity contribution in [1.82, 2.24) is 25.1 Å². The Kier molecular flexibility index (Phi) is 9.67. The zero-order valence-corrected chi connectivity index (χ0v) is 25.6. The second kappa shape index (κ2) is 14.0. The molecule has 1 aliphatic rings. The maximum Gasteiger partial charge on any atom is 0.116 e. The molecule has 0 bridgehead atoms. The van der Waals surface area contributed by atoms with Crippen LogP contribution in [0.3, 0.4) is 0 Å². The van der Waals surface area contributed by atoms with Gasteiger partial charge in [0.1, 0.15) is 5.69 Å². The van der Waals surface area contributed by atoms with Crippen LogP contribution in [0.25, 0.3) is 39.0 Å². The number of rotatable bonds is 9. The summed E-state index contributed by atoms with van der Waals surface area (Å²) in [6.07, 6.45) is 19.0. The molecule has 0 unspecified atom stereocenters.